The summed E-state index contributed by atoms with van der Waals surface area (Å²) in [5.74, 6) is 2.93. The second kappa shape index (κ2) is 5.95. The monoisotopic (exact) mass is 204 g/mol. The summed E-state index contributed by atoms with van der Waals surface area (Å²) in [5, 5.41) is 0. The lowest BCUT2D eigenvalue weighted by atomic mass is 9.73. The molecule has 0 aromatic carbocycles. The highest BCUT2D eigenvalue weighted by Crippen LogP contribution is 2.34. The third kappa shape index (κ3) is 3.37. The first-order chi connectivity index (χ1) is 7.16. The molecule has 3 unspecified atom stereocenters. The lowest BCUT2D eigenvalue weighted by molar-refractivity contribution is 0.257. The van der Waals surface area contributed by atoms with Crippen molar-refractivity contribution in [3.8, 4) is 0 Å². The van der Waals surface area contributed by atoms with Gasteiger partial charge in [0.25, 0.3) is 0 Å². The van der Waals surface area contributed by atoms with Crippen LogP contribution >= 0.6 is 0 Å². The van der Waals surface area contributed by atoms with Gasteiger partial charge in [-0.3, -0.25) is 0 Å². The van der Waals surface area contributed by atoms with E-state index in [0.717, 1.165) is 11.8 Å². The first kappa shape index (κ1) is 12.3. The largest absolute Gasteiger partial charge is 0.0917 e. The number of hydrogen-bond acceptors (Lipinski definition) is 0. The Morgan fingerprint density at radius 1 is 1.20 bits per heavy atom. The third-order valence-electron chi connectivity index (χ3n) is 3.46. The Labute approximate surface area is 94.8 Å². The van der Waals surface area contributed by atoms with Crippen LogP contribution in [0.2, 0.25) is 0 Å². The lowest BCUT2D eigenvalue weighted by Gasteiger charge is -2.32. The van der Waals surface area contributed by atoms with Crippen LogP contribution in [0.3, 0.4) is 0 Å². The van der Waals surface area contributed by atoms with Crippen LogP contribution in [0.25, 0.3) is 0 Å². The molecule has 0 saturated heterocycles. The molecule has 1 aliphatic rings. The zero-order chi connectivity index (χ0) is 11.3. The molecule has 0 heterocycles. The van der Waals surface area contributed by atoms with Gasteiger partial charge < -0.3 is 0 Å². The molecule has 0 nitrogen and oxygen atoms in total. The summed E-state index contributed by atoms with van der Waals surface area (Å²) < 4.78 is 0. The van der Waals surface area contributed by atoms with Crippen molar-refractivity contribution in [1.29, 1.82) is 0 Å². The summed E-state index contributed by atoms with van der Waals surface area (Å²) in [4.78, 5) is 0. The fourth-order valence-electron chi connectivity index (χ4n) is 2.44. The highest BCUT2D eigenvalue weighted by molar-refractivity contribution is 5.15. The number of hydrogen-bond donors (Lipinski definition) is 0. The van der Waals surface area contributed by atoms with Crippen LogP contribution in [0.4, 0.5) is 0 Å². The van der Waals surface area contributed by atoms with E-state index in [1.54, 1.807) is 0 Å². The second-order valence-corrected chi connectivity index (χ2v) is 4.92. The van der Waals surface area contributed by atoms with Crippen molar-refractivity contribution in [1.82, 2.24) is 0 Å². The Morgan fingerprint density at radius 2 is 1.87 bits per heavy atom. The number of allylic oxidation sites excluding steroid dienone is 6. The third-order valence-corrected chi connectivity index (χ3v) is 3.46. The van der Waals surface area contributed by atoms with Crippen LogP contribution in [-0.2, 0) is 0 Å². The summed E-state index contributed by atoms with van der Waals surface area (Å²) in [6, 6.07) is 0. The summed E-state index contributed by atoms with van der Waals surface area (Å²) >= 11 is 0. The summed E-state index contributed by atoms with van der Waals surface area (Å²) in [7, 11) is 0. The normalized spacial score (nSPS) is 27.8. The molecule has 0 fully saturated rings. The van der Waals surface area contributed by atoms with Gasteiger partial charge in [0.1, 0.15) is 0 Å². The van der Waals surface area contributed by atoms with E-state index in [4.69, 9.17) is 0 Å². The molecule has 0 aromatic rings. The highest BCUT2D eigenvalue weighted by Gasteiger charge is 2.25. The smallest absolute Gasteiger partial charge is 0.0136 e. The molecule has 0 spiro atoms. The van der Waals surface area contributed by atoms with Gasteiger partial charge in [0.15, 0.2) is 0 Å². The Morgan fingerprint density at radius 3 is 2.40 bits per heavy atom. The molecule has 0 bridgehead atoms. The maximum Gasteiger partial charge on any atom is -0.0136 e. The SMILES string of the molecule is CC=CCC(C(C)C)C1C=CC=CC1C. The molecule has 0 saturated carbocycles. The van der Waals surface area contributed by atoms with E-state index < -0.39 is 0 Å². The Kier molecular flexibility index (Phi) is 4.87. The van der Waals surface area contributed by atoms with E-state index in [0.29, 0.717) is 11.8 Å². The van der Waals surface area contributed by atoms with Crippen molar-refractivity contribution in [2.45, 2.75) is 34.1 Å². The number of rotatable bonds is 4. The van der Waals surface area contributed by atoms with E-state index in [1.807, 2.05) is 0 Å². The molecule has 0 aliphatic heterocycles. The van der Waals surface area contributed by atoms with Gasteiger partial charge in [0, 0.05) is 0 Å². The van der Waals surface area contributed by atoms with Crippen molar-refractivity contribution >= 4 is 0 Å². The molecule has 0 radical (unpaired) electrons. The zero-order valence-electron chi connectivity index (χ0n) is 10.5. The highest BCUT2D eigenvalue weighted by atomic mass is 14.3. The molecule has 0 amide bonds. The Balaban J connectivity index is 2.70. The van der Waals surface area contributed by atoms with Gasteiger partial charge in [-0.2, -0.15) is 0 Å². The van der Waals surface area contributed by atoms with Crippen molar-refractivity contribution < 1.29 is 0 Å². The quantitative estimate of drug-likeness (QED) is 0.587. The second-order valence-electron chi connectivity index (χ2n) is 4.92. The van der Waals surface area contributed by atoms with Gasteiger partial charge in [0.2, 0.25) is 0 Å². The standard InChI is InChI=1S/C15H24/c1-5-6-10-14(12(2)3)15-11-8-7-9-13(15)4/h5-9,11-15H,10H2,1-4H3. The molecule has 0 N–H and O–H groups in total. The molecular formula is C15H24. The maximum absolute atomic E-state index is 2.39. The minimum absolute atomic E-state index is 0.688. The van der Waals surface area contributed by atoms with Gasteiger partial charge in [-0.15, -0.1) is 0 Å². The molecule has 3 atom stereocenters. The van der Waals surface area contributed by atoms with E-state index in [9.17, 15) is 0 Å². The molecule has 0 heteroatoms. The predicted molar refractivity (Wildman–Crippen MR) is 68.7 cm³/mol. The van der Waals surface area contributed by atoms with E-state index in [-0.39, 0.29) is 0 Å². The maximum atomic E-state index is 2.39. The molecule has 84 valence electrons. The summed E-state index contributed by atoms with van der Waals surface area (Å²) in [5.41, 5.74) is 0. The van der Waals surface area contributed by atoms with Crippen LogP contribution in [-0.4, -0.2) is 0 Å². The first-order valence-corrected chi connectivity index (χ1v) is 6.13. The van der Waals surface area contributed by atoms with Crippen LogP contribution in [0.1, 0.15) is 34.1 Å². The van der Waals surface area contributed by atoms with Crippen molar-refractivity contribution in [3.63, 3.8) is 0 Å². The van der Waals surface area contributed by atoms with Crippen LogP contribution in [0.15, 0.2) is 36.5 Å². The van der Waals surface area contributed by atoms with Gasteiger partial charge in [0.05, 0.1) is 0 Å². The fraction of sp³-hybridized carbons (Fsp3) is 0.600. The van der Waals surface area contributed by atoms with Crippen molar-refractivity contribution in [2.75, 3.05) is 0 Å². The Hall–Kier alpha value is -0.780. The lowest BCUT2D eigenvalue weighted by Crippen LogP contribution is -2.24. The zero-order valence-corrected chi connectivity index (χ0v) is 10.5. The van der Waals surface area contributed by atoms with Crippen LogP contribution in [0.5, 0.6) is 0 Å². The minimum Gasteiger partial charge on any atom is -0.0917 e. The summed E-state index contributed by atoms with van der Waals surface area (Å²) in [6.07, 6.45) is 14.8. The molecular weight excluding hydrogens is 180 g/mol. The Bertz CT molecular complexity index is 255. The first-order valence-electron chi connectivity index (χ1n) is 6.13. The van der Waals surface area contributed by atoms with Gasteiger partial charge in [-0.25, -0.2) is 0 Å². The topological polar surface area (TPSA) is 0 Å². The molecule has 1 rings (SSSR count). The van der Waals surface area contributed by atoms with E-state index >= 15 is 0 Å². The average molecular weight is 204 g/mol. The van der Waals surface area contributed by atoms with Gasteiger partial charge >= 0.3 is 0 Å². The van der Waals surface area contributed by atoms with Crippen LogP contribution in [0, 0.1) is 23.7 Å². The predicted octanol–water partition coefficient (Wildman–Crippen LogP) is 4.60. The van der Waals surface area contributed by atoms with Gasteiger partial charge in [-0.05, 0) is 37.0 Å². The van der Waals surface area contributed by atoms with Gasteiger partial charge in [-0.1, -0.05) is 57.2 Å². The molecule has 15 heavy (non-hydrogen) atoms. The van der Waals surface area contributed by atoms with Crippen LogP contribution < -0.4 is 0 Å². The van der Waals surface area contributed by atoms with Crippen molar-refractivity contribution in [3.05, 3.63) is 36.5 Å². The fourth-order valence-corrected chi connectivity index (χ4v) is 2.44. The van der Waals surface area contributed by atoms with E-state index in [2.05, 4.69) is 64.2 Å². The minimum atomic E-state index is 0.688. The molecule has 1 aliphatic carbocycles. The summed E-state index contributed by atoms with van der Waals surface area (Å²) in [6.45, 7) is 9.12. The average Bonchev–Trinajstić information content (AvgIpc) is 2.20. The van der Waals surface area contributed by atoms with Crippen molar-refractivity contribution in [2.24, 2.45) is 23.7 Å². The van der Waals surface area contributed by atoms with E-state index in [1.165, 1.54) is 6.42 Å². The molecule has 0 aromatic heterocycles.